The summed E-state index contributed by atoms with van der Waals surface area (Å²) in [4.78, 5) is 27.0. The summed E-state index contributed by atoms with van der Waals surface area (Å²) in [5, 5.41) is 8.17. The second-order valence-corrected chi connectivity index (χ2v) is 5.34. The van der Waals surface area contributed by atoms with Crippen molar-refractivity contribution < 1.29 is 9.59 Å². The predicted molar refractivity (Wildman–Crippen MR) is 76.4 cm³/mol. The smallest absolute Gasteiger partial charge is 0.312 e. The van der Waals surface area contributed by atoms with E-state index in [0.29, 0.717) is 26.2 Å². The molecule has 7 nitrogen and oxygen atoms in total. The van der Waals surface area contributed by atoms with Crippen molar-refractivity contribution in [2.24, 2.45) is 0 Å². The van der Waals surface area contributed by atoms with Crippen molar-refractivity contribution >= 4 is 28.3 Å². The number of amides is 2. The van der Waals surface area contributed by atoms with E-state index in [2.05, 4.69) is 21.8 Å². The maximum atomic E-state index is 12.0. The molecule has 0 bridgehead atoms. The fourth-order valence-electron chi connectivity index (χ4n) is 2.03. The van der Waals surface area contributed by atoms with E-state index in [1.165, 1.54) is 11.5 Å². The molecule has 0 unspecified atom stereocenters. The maximum absolute atomic E-state index is 12.0. The van der Waals surface area contributed by atoms with Gasteiger partial charge in [0.1, 0.15) is 10.7 Å². The fraction of sp³-hybridized carbons (Fsp3) is 0.667. The highest BCUT2D eigenvalue weighted by Crippen LogP contribution is 2.20. The molecule has 0 aliphatic carbocycles. The van der Waals surface area contributed by atoms with Crippen LogP contribution >= 0.6 is 11.5 Å². The maximum Gasteiger partial charge on any atom is 0.312 e. The van der Waals surface area contributed by atoms with E-state index >= 15 is 0 Å². The average Bonchev–Trinajstić information content (AvgIpc) is 2.89. The van der Waals surface area contributed by atoms with Gasteiger partial charge < -0.3 is 15.1 Å². The second-order valence-electron chi connectivity index (χ2n) is 4.59. The standard InChI is InChI=1S/C12H19N5O2S/c1-3-5-13-10-9(14-15-20-10)8-17-7-6-16(4-2)11(18)12(17)19/h13H,3-8H2,1-2H3. The van der Waals surface area contributed by atoms with Crippen LogP contribution in [0, 0.1) is 0 Å². The summed E-state index contributed by atoms with van der Waals surface area (Å²) in [6.45, 7) is 6.82. The lowest BCUT2D eigenvalue weighted by Crippen LogP contribution is -2.53. The van der Waals surface area contributed by atoms with Gasteiger partial charge in [0.05, 0.1) is 6.54 Å². The lowest BCUT2D eigenvalue weighted by Gasteiger charge is -2.32. The summed E-state index contributed by atoms with van der Waals surface area (Å²) >= 11 is 1.28. The minimum atomic E-state index is -0.451. The third-order valence-electron chi connectivity index (χ3n) is 3.21. The molecule has 2 amide bonds. The van der Waals surface area contributed by atoms with Crippen LogP contribution in [0.3, 0.4) is 0 Å². The van der Waals surface area contributed by atoms with Gasteiger partial charge in [-0.2, -0.15) is 0 Å². The number of hydrogen-bond acceptors (Lipinski definition) is 6. The highest BCUT2D eigenvalue weighted by Gasteiger charge is 2.32. The highest BCUT2D eigenvalue weighted by atomic mass is 32.1. The van der Waals surface area contributed by atoms with E-state index in [1.807, 2.05) is 6.92 Å². The number of aromatic nitrogens is 2. The third-order valence-corrected chi connectivity index (χ3v) is 3.94. The van der Waals surface area contributed by atoms with E-state index in [-0.39, 0.29) is 0 Å². The van der Waals surface area contributed by atoms with Crippen LogP contribution in [0.5, 0.6) is 0 Å². The van der Waals surface area contributed by atoms with Crippen molar-refractivity contribution in [2.45, 2.75) is 26.8 Å². The number of carbonyl (C=O) groups excluding carboxylic acids is 2. The number of nitrogens with one attached hydrogen (secondary N) is 1. The molecule has 0 saturated carbocycles. The van der Waals surface area contributed by atoms with Crippen LogP contribution in [0.2, 0.25) is 0 Å². The summed E-state index contributed by atoms with van der Waals surface area (Å²) in [7, 11) is 0. The first kappa shape index (κ1) is 14.7. The molecule has 1 aromatic rings. The zero-order chi connectivity index (χ0) is 14.5. The van der Waals surface area contributed by atoms with Gasteiger partial charge >= 0.3 is 11.8 Å². The molecule has 0 radical (unpaired) electrons. The first-order valence-electron chi connectivity index (χ1n) is 6.80. The molecule has 0 atom stereocenters. The van der Waals surface area contributed by atoms with Crippen LogP contribution in [0.15, 0.2) is 0 Å². The summed E-state index contributed by atoms with van der Waals surface area (Å²) in [6.07, 6.45) is 1.00. The molecule has 2 heterocycles. The van der Waals surface area contributed by atoms with Gasteiger partial charge in [0.25, 0.3) is 0 Å². The van der Waals surface area contributed by atoms with Crippen molar-refractivity contribution in [2.75, 3.05) is 31.5 Å². The lowest BCUT2D eigenvalue weighted by atomic mass is 10.2. The van der Waals surface area contributed by atoms with Gasteiger partial charge in [0.15, 0.2) is 0 Å². The molecule has 1 aliphatic heterocycles. The quantitative estimate of drug-likeness (QED) is 0.776. The summed E-state index contributed by atoms with van der Waals surface area (Å²) in [5.41, 5.74) is 0.731. The fourth-order valence-corrected chi connectivity index (χ4v) is 2.63. The number of likely N-dealkylation sites (N-methyl/N-ethyl adjacent to an activating group) is 1. The van der Waals surface area contributed by atoms with Gasteiger partial charge in [-0.05, 0) is 13.3 Å². The first-order chi connectivity index (χ1) is 9.67. The van der Waals surface area contributed by atoms with Gasteiger partial charge in [0.2, 0.25) is 0 Å². The molecule has 0 aromatic carbocycles. The highest BCUT2D eigenvalue weighted by molar-refractivity contribution is 7.10. The number of piperazine rings is 1. The Balaban J connectivity index is 2.02. The minimum Gasteiger partial charge on any atom is -0.374 e. The molecule has 20 heavy (non-hydrogen) atoms. The Labute approximate surface area is 122 Å². The Bertz CT molecular complexity index is 490. The molecular weight excluding hydrogens is 278 g/mol. The molecule has 8 heteroatoms. The molecule has 1 fully saturated rings. The molecule has 1 saturated heterocycles. The molecule has 1 aliphatic rings. The summed E-state index contributed by atoms with van der Waals surface area (Å²) in [5.74, 6) is -0.877. The SMILES string of the molecule is CCCNc1snnc1CN1CCN(CC)C(=O)C1=O. The van der Waals surface area contributed by atoms with Gasteiger partial charge in [-0.3, -0.25) is 9.59 Å². The van der Waals surface area contributed by atoms with E-state index in [0.717, 1.165) is 23.7 Å². The Hall–Kier alpha value is -1.70. The van der Waals surface area contributed by atoms with Crippen LogP contribution in [0.1, 0.15) is 26.0 Å². The molecule has 1 N–H and O–H groups in total. The molecule has 0 spiro atoms. The van der Waals surface area contributed by atoms with Crippen LogP contribution in [-0.4, -0.2) is 57.4 Å². The van der Waals surface area contributed by atoms with Crippen LogP contribution < -0.4 is 5.32 Å². The number of nitrogens with zero attached hydrogens (tertiary/aromatic N) is 4. The van der Waals surface area contributed by atoms with Gasteiger partial charge in [-0.25, -0.2) is 0 Å². The van der Waals surface area contributed by atoms with Gasteiger partial charge in [0, 0.05) is 37.7 Å². The van der Waals surface area contributed by atoms with Crippen molar-refractivity contribution in [3.05, 3.63) is 5.69 Å². The van der Waals surface area contributed by atoms with Crippen LogP contribution in [0.25, 0.3) is 0 Å². The Morgan fingerprint density at radius 2 is 1.90 bits per heavy atom. The average molecular weight is 297 g/mol. The lowest BCUT2D eigenvalue weighted by molar-refractivity contribution is -0.156. The van der Waals surface area contributed by atoms with Crippen molar-refractivity contribution in [1.29, 1.82) is 0 Å². The predicted octanol–water partition coefficient (Wildman–Crippen LogP) is 0.551. The normalized spacial score (nSPS) is 15.9. The van der Waals surface area contributed by atoms with Crippen molar-refractivity contribution in [3.63, 3.8) is 0 Å². The molecular formula is C12H19N5O2S. The number of anilines is 1. The number of carbonyl (C=O) groups is 2. The zero-order valence-corrected chi connectivity index (χ0v) is 12.6. The summed E-state index contributed by atoms with van der Waals surface area (Å²) in [6, 6.07) is 0. The zero-order valence-electron chi connectivity index (χ0n) is 11.8. The first-order valence-corrected chi connectivity index (χ1v) is 7.58. The van der Waals surface area contributed by atoms with Gasteiger partial charge in [-0.1, -0.05) is 11.4 Å². The van der Waals surface area contributed by atoms with Crippen molar-refractivity contribution in [1.82, 2.24) is 19.4 Å². The topological polar surface area (TPSA) is 78.4 Å². The molecule has 2 rings (SSSR count). The number of hydrogen-bond donors (Lipinski definition) is 1. The van der Waals surface area contributed by atoms with Crippen LogP contribution in [-0.2, 0) is 16.1 Å². The molecule has 110 valence electrons. The largest absolute Gasteiger partial charge is 0.374 e. The second kappa shape index (κ2) is 6.65. The monoisotopic (exact) mass is 297 g/mol. The Morgan fingerprint density at radius 1 is 1.20 bits per heavy atom. The third kappa shape index (κ3) is 3.06. The van der Waals surface area contributed by atoms with E-state index in [1.54, 1.807) is 9.80 Å². The number of rotatable bonds is 6. The summed E-state index contributed by atoms with van der Waals surface area (Å²) < 4.78 is 3.91. The van der Waals surface area contributed by atoms with Gasteiger partial charge in [-0.15, -0.1) is 5.10 Å². The molecule has 1 aromatic heterocycles. The minimum absolute atomic E-state index is 0.338. The van der Waals surface area contributed by atoms with E-state index in [4.69, 9.17) is 0 Å². The van der Waals surface area contributed by atoms with Crippen molar-refractivity contribution in [3.8, 4) is 0 Å². The Morgan fingerprint density at radius 3 is 2.60 bits per heavy atom. The van der Waals surface area contributed by atoms with E-state index in [9.17, 15) is 9.59 Å². The van der Waals surface area contributed by atoms with E-state index < -0.39 is 11.8 Å². The van der Waals surface area contributed by atoms with Crippen LogP contribution in [0.4, 0.5) is 5.00 Å². The Kier molecular flexibility index (Phi) is 4.89.